The molecule has 2 amide bonds. The molecule has 1 aliphatic heterocycles. The summed E-state index contributed by atoms with van der Waals surface area (Å²) in [5.41, 5.74) is 0.477. The molecule has 2 rings (SSSR count). The Labute approximate surface area is 115 Å². The second-order valence-electron chi connectivity index (χ2n) is 4.35. The van der Waals surface area contributed by atoms with Gasteiger partial charge in [-0.25, -0.2) is 4.39 Å². The van der Waals surface area contributed by atoms with Crippen molar-refractivity contribution in [2.24, 2.45) is 0 Å². The van der Waals surface area contributed by atoms with Crippen molar-refractivity contribution in [1.29, 1.82) is 0 Å². The minimum Gasteiger partial charge on any atom is -0.378 e. The van der Waals surface area contributed by atoms with E-state index in [-0.39, 0.29) is 24.2 Å². The Balaban J connectivity index is 1.74. The molecule has 1 unspecified atom stereocenters. The summed E-state index contributed by atoms with van der Waals surface area (Å²) in [6.07, 6.45) is 0. The molecule has 1 aromatic rings. The normalized spacial score (nSPS) is 18.4. The Morgan fingerprint density at radius 1 is 1.35 bits per heavy atom. The number of benzene rings is 1. The first-order valence-electron chi connectivity index (χ1n) is 6.29. The Hall–Kier alpha value is -1.99. The zero-order valence-electron chi connectivity index (χ0n) is 10.8. The van der Waals surface area contributed by atoms with Gasteiger partial charge in [0.1, 0.15) is 11.9 Å². The summed E-state index contributed by atoms with van der Waals surface area (Å²) < 4.78 is 17.9. The summed E-state index contributed by atoms with van der Waals surface area (Å²) in [4.78, 5) is 23.3. The van der Waals surface area contributed by atoms with Crippen molar-refractivity contribution in [3.63, 3.8) is 0 Å². The molecule has 0 spiro atoms. The molecule has 1 aliphatic rings. The molecule has 6 nitrogen and oxygen atoms in total. The molecular weight excluding hydrogens is 265 g/mol. The molecule has 1 saturated heterocycles. The highest BCUT2D eigenvalue weighted by atomic mass is 19.1. The lowest BCUT2D eigenvalue weighted by Crippen LogP contribution is -2.52. The fourth-order valence-corrected chi connectivity index (χ4v) is 1.76. The van der Waals surface area contributed by atoms with Crippen LogP contribution in [0.1, 0.15) is 0 Å². The first kappa shape index (κ1) is 14.4. The number of morpholine rings is 1. The highest BCUT2D eigenvalue weighted by Gasteiger charge is 2.21. The second-order valence-corrected chi connectivity index (χ2v) is 4.35. The number of carbonyl (C=O) groups excluding carboxylic acids is 2. The molecule has 0 radical (unpaired) electrons. The minimum atomic E-state index is -0.428. The number of ether oxygens (including phenoxy) is 1. The monoisotopic (exact) mass is 281 g/mol. The Morgan fingerprint density at radius 2 is 2.10 bits per heavy atom. The van der Waals surface area contributed by atoms with Crippen LogP contribution in [-0.2, 0) is 14.3 Å². The molecule has 20 heavy (non-hydrogen) atoms. The van der Waals surface area contributed by atoms with Gasteiger partial charge in [-0.1, -0.05) is 0 Å². The Bertz CT molecular complexity index is 472. The van der Waals surface area contributed by atoms with Crippen LogP contribution in [0, 0.1) is 5.82 Å². The van der Waals surface area contributed by atoms with Gasteiger partial charge in [0.2, 0.25) is 11.8 Å². The fourth-order valence-electron chi connectivity index (χ4n) is 1.76. The maximum absolute atomic E-state index is 12.7. The summed E-state index contributed by atoms with van der Waals surface area (Å²) in [5.74, 6) is -1.03. The number of halogens is 1. The van der Waals surface area contributed by atoms with E-state index in [2.05, 4.69) is 16.0 Å². The van der Waals surface area contributed by atoms with E-state index in [1.54, 1.807) is 0 Å². The predicted octanol–water partition coefficient (Wildman–Crippen LogP) is -0.131. The van der Waals surface area contributed by atoms with E-state index in [9.17, 15) is 14.0 Å². The number of carbonyl (C=O) groups is 2. The molecule has 7 heteroatoms. The molecule has 1 atom stereocenters. The molecule has 1 aromatic carbocycles. The third-order valence-corrected chi connectivity index (χ3v) is 2.79. The minimum absolute atomic E-state index is 0.144. The summed E-state index contributed by atoms with van der Waals surface area (Å²) in [6, 6.07) is 4.97. The third-order valence-electron chi connectivity index (χ3n) is 2.79. The van der Waals surface area contributed by atoms with E-state index in [1.807, 2.05) is 0 Å². The SMILES string of the molecule is O=C(CNC(=O)C1COCCN1)Nc1ccc(F)cc1. The Kier molecular flexibility index (Phi) is 5.03. The standard InChI is InChI=1S/C13H16FN3O3/c14-9-1-3-10(4-2-9)17-12(18)7-16-13(19)11-8-20-6-5-15-11/h1-4,11,15H,5-8H2,(H,16,19)(H,17,18). The first-order chi connectivity index (χ1) is 9.65. The van der Waals surface area contributed by atoms with Gasteiger partial charge >= 0.3 is 0 Å². The lowest BCUT2D eigenvalue weighted by Gasteiger charge is -2.22. The molecular formula is C13H16FN3O3. The third kappa shape index (κ3) is 4.29. The van der Waals surface area contributed by atoms with Crippen molar-refractivity contribution in [3.05, 3.63) is 30.1 Å². The lowest BCUT2D eigenvalue weighted by molar-refractivity contribution is -0.128. The number of rotatable bonds is 4. The van der Waals surface area contributed by atoms with Crippen LogP contribution in [0.25, 0.3) is 0 Å². The summed E-state index contributed by atoms with van der Waals surface area (Å²) in [5, 5.41) is 8.06. The summed E-state index contributed by atoms with van der Waals surface area (Å²) in [6.45, 7) is 1.34. The molecule has 1 heterocycles. The van der Waals surface area contributed by atoms with Crippen LogP contribution in [0.5, 0.6) is 0 Å². The van der Waals surface area contributed by atoms with Crippen molar-refractivity contribution in [3.8, 4) is 0 Å². The van der Waals surface area contributed by atoms with Gasteiger partial charge in [-0.3, -0.25) is 9.59 Å². The topological polar surface area (TPSA) is 79.5 Å². The van der Waals surface area contributed by atoms with Crippen molar-refractivity contribution in [2.45, 2.75) is 6.04 Å². The van der Waals surface area contributed by atoms with Crippen molar-refractivity contribution >= 4 is 17.5 Å². The van der Waals surface area contributed by atoms with Crippen LogP contribution in [0.15, 0.2) is 24.3 Å². The fraction of sp³-hybridized carbons (Fsp3) is 0.385. The quantitative estimate of drug-likeness (QED) is 0.718. The van der Waals surface area contributed by atoms with Crippen LogP contribution in [0.3, 0.4) is 0 Å². The average molecular weight is 281 g/mol. The summed E-state index contributed by atoms with van der Waals surface area (Å²) in [7, 11) is 0. The van der Waals surface area contributed by atoms with Gasteiger partial charge in [0.25, 0.3) is 0 Å². The average Bonchev–Trinajstić information content (AvgIpc) is 2.48. The highest BCUT2D eigenvalue weighted by Crippen LogP contribution is 2.07. The number of hydrogen-bond acceptors (Lipinski definition) is 4. The van der Waals surface area contributed by atoms with Crippen LogP contribution in [0.4, 0.5) is 10.1 Å². The molecule has 0 aromatic heterocycles. The zero-order valence-corrected chi connectivity index (χ0v) is 10.8. The number of amides is 2. The van der Waals surface area contributed by atoms with Gasteiger partial charge in [0.05, 0.1) is 19.8 Å². The van der Waals surface area contributed by atoms with E-state index in [4.69, 9.17) is 4.74 Å². The number of anilines is 1. The first-order valence-corrected chi connectivity index (χ1v) is 6.29. The molecule has 0 bridgehead atoms. The highest BCUT2D eigenvalue weighted by molar-refractivity contribution is 5.95. The van der Waals surface area contributed by atoms with E-state index in [1.165, 1.54) is 24.3 Å². The van der Waals surface area contributed by atoms with E-state index >= 15 is 0 Å². The van der Waals surface area contributed by atoms with Gasteiger partial charge in [-0.15, -0.1) is 0 Å². The van der Waals surface area contributed by atoms with Crippen molar-refractivity contribution in [1.82, 2.24) is 10.6 Å². The molecule has 108 valence electrons. The zero-order chi connectivity index (χ0) is 14.4. The van der Waals surface area contributed by atoms with Gasteiger partial charge in [-0.05, 0) is 24.3 Å². The van der Waals surface area contributed by atoms with Crippen molar-refractivity contribution < 1.29 is 18.7 Å². The van der Waals surface area contributed by atoms with Gasteiger partial charge in [0, 0.05) is 12.2 Å². The molecule has 0 saturated carbocycles. The summed E-state index contributed by atoms with van der Waals surface area (Å²) >= 11 is 0. The van der Waals surface area contributed by atoms with Crippen LogP contribution in [0.2, 0.25) is 0 Å². The second kappa shape index (κ2) is 6.97. The lowest BCUT2D eigenvalue weighted by atomic mass is 10.2. The van der Waals surface area contributed by atoms with Gasteiger partial charge < -0.3 is 20.7 Å². The van der Waals surface area contributed by atoms with E-state index in [0.29, 0.717) is 25.4 Å². The number of nitrogens with one attached hydrogen (secondary N) is 3. The van der Waals surface area contributed by atoms with E-state index < -0.39 is 6.04 Å². The maximum atomic E-state index is 12.7. The van der Waals surface area contributed by atoms with Crippen LogP contribution >= 0.6 is 0 Å². The van der Waals surface area contributed by atoms with Crippen LogP contribution < -0.4 is 16.0 Å². The Morgan fingerprint density at radius 3 is 2.75 bits per heavy atom. The van der Waals surface area contributed by atoms with Gasteiger partial charge in [0.15, 0.2) is 0 Å². The van der Waals surface area contributed by atoms with Gasteiger partial charge in [-0.2, -0.15) is 0 Å². The van der Waals surface area contributed by atoms with Crippen LogP contribution in [-0.4, -0.2) is 44.2 Å². The maximum Gasteiger partial charge on any atom is 0.243 e. The molecule has 0 aliphatic carbocycles. The number of hydrogen-bond donors (Lipinski definition) is 3. The van der Waals surface area contributed by atoms with E-state index in [0.717, 1.165) is 0 Å². The molecule has 1 fully saturated rings. The van der Waals surface area contributed by atoms with Crippen molar-refractivity contribution in [2.75, 3.05) is 31.6 Å². The largest absolute Gasteiger partial charge is 0.378 e. The predicted molar refractivity (Wildman–Crippen MR) is 70.6 cm³/mol. The smallest absolute Gasteiger partial charge is 0.243 e. The molecule has 3 N–H and O–H groups in total.